The highest BCUT2D eigenvalue weighted by Gasteiger charge is 2.10. The Balaban J connectivity index is 2.37. The number of hydrogen-bond donors (Lipinski definition) is 1. The highest BCUT2D eigenvalue weighted by Crippen LogP contribution is 2.16. The van der Waals surface area contributed by atoms with Crippen LogP contribution in [0.5, 0.6) is 0 Å². The Kier molecular flexibility index (Phi) is 1.83. The summed E-state index contributed by atoms with van der Waals surface area (Å²) in [6.07, 6.45) is 2.89. The molecule has 5 heteroatoms. The number of nitrogens with one attached hydrogen (secondary N) is 1. The molecule has 0 radical (unpaired) electrons. The average Bonchev–Trinajstić information content (AvgIpc) is 2.83. The van der Waals surface area contributed by atoms with Crippen LogP contribution in [0.3, 0.4) is 0 Å². The molecule has 1 N–H and O–H groups in total. The van der Waals surface area contributed by atoms with Gasteiger partial charge in [0.25, 0.3) is 0 Å². The van der Waals surface area contributed by atoms with Crippen LogP contribution in [0, 0.1) is 0 Å². The third-order valence-electron chi connectivity index (χ3n) is 2.37. The minimum absolute atomic E-state index is 0.101. The predicted molar refractivity (Wildman–Crippen MR) is 57.9 cm³/mol. The summed E-state index contributed by atoms with van der Waals surface area (Å²) in [5, 5.41) is 10.5. The maximum Gasteiger partial charge on any atom is 0.202 e. The number of H-pyrrole nitrogens is 1. The Morgan fingerprint density at radius 1 is 1.25 bits per heavy atom. The van der Waals surface area contributed by atoms with E-state index in [0.717, 1.165) is 0 Å². The van der Waals surface area contributed by atoms with Crippen molar-refractivity contribution in [2.75, 3.05) is 0 Å². The van der Waals surface area contributed by atoms with Gasteiger partial charge in [0.2, 0.25) is 5.43 Å². The highest BCUT2D eigenvalue weighted by atomic mass is 16.3. The van der Waals surface area contributed by atoms with Crippen LogP contribution in [0.25, 0.3) is 22.2 Å². The fraction of sp³-hybridized carbons (Fsp3) is 0. The molecule has 1 aromatic carbocycles. The molecule has 5 nitrogen and oxygen atoms in total. The fourth-order valence-electron chi connectivity index (χ4n) is 1.59. The third kappa shape index (κ3) is 1.22. The van der Waals surface area contributed by atoms with Crippen molar-refractivity contribution < 1.29 is 4.42 Å². The van der Waals surface area contributed by atoms with Gasteiger partial charge in [0.15, 0.2) is 0 Å². The summed E-state index contributed by atoms with van der Waals surface area (Å²) < 4.78 is 5.37. The molecule has 3 rings (SSSR count). The van der Waals surface area contributed by atoms with Crippen molar-refractivity contribution in [2.24, 2.45) is 0 Å². The standard InChI is InChI=1S/C11H7N3O2/c15-11-7-3-1-2-4-10(7)16-6-8(11)9-5-12-14-13-9/h1-6H,(H,12,13,14). The lowest BCUT2D eigenvalue weighted by molar-refractivity contribution is 0.604. The summed E-state index contributed by atoms with van der Waals surface area (Å²) in [6.45, 7) is 0. The lowest BCUT2D eigenvalue weighted by Gasteiger charge is -1.98. The number of fused-ring (bicyclic) bond motifs is 1. The van der Waals surface area contributed by atoms with E-state index in [0.29, 0.717) is 22.2 Å². The molecule has 0 fully saturated rings. The molecule has 16 heavy (non-hydrogen) atoms. The molecule has 0 aliphatic carbocycles. The molecule has 0 spiro atoms. The summed E-state index contributed by atoms with van der Waals surface area (Å²) in [4.78, 5) is 12.1. The molecule has 0 unspecified atom stereocenters. The van der Waals surface area contributed by atoms with E-state index < -0.39 is 0 Å². The van der Waals surface area contributed by atoms with E-state index >= 15 is 0 Å². The van der Waals surface area contributed by atoms with Crippen molar-refractivity contribution in [2.45, 2.75) is 0 Å². The number of hydrogen-bond acceptors (Lipinski definition) is 4. The zero-order valence-electron chi connectivity index (χ0n) is 8.18. The Morgan fingerprint density at radius 3 is 2.94 bits per heavy atom. The number of benzene rings is 1. The highest BCUT2D eigenvalue weighted by molar-refractivity contribution is 5.80. The van der Waals surface area contributed by atoms with E-state index in [9.17, 15) is 4.79 Å². The Morgan fingerprint density at radius 2 is 2.12 bits per heavy atom. The first-order valence-corrected chi connectivity index (χ1v) is 4.73. The molecule has 0 saturated carbocycles. The summed E-state index contributed by atoms with van der Waals surface area (Å²) in [5.41, 5.74) is 1.36. The number of aromatic amines is 1. The normalized spacial score (nSPS) is 10.8. The van der Waals surface area contributed by atoms with Gasteiger partial charge in [0, 0.05) is 0 Å². The molecule has 0 atom stereocenters. The van der Waals surface area contributed by atoms with Crippen molar-refractivity contribution in [3.8, 4) is 11.3 Å². The lowest BCUT2D eigenvalue weighted by Crippen LogP contribution is -2.04. The summed E-state index contributed by atoms with van der Waals surface area (Å²) >= 11 is 0. The average molecular weight is 213 g/mol. The molecule has 0 aliphatic rings. The first-order chi connectivity index (χ1) is 7.86. The molecule has 3 aromatic rings. The van der Waals surface area contributed by atoms with E-state index in [-0.39, 0.29) is 5.43 Å². The quantitative estimate of drug-likeness (QED) is 0.666. The van der Waals surface area contributed by atoms with Crippen molar-refractivity contribution in [1.82, 2.24) is 15.4 Å². The molecular formula is C11H7N3O2. The third-order valence-corrected chi connectivity index (χ3v) is 2.37. The van der Waals surface area contributed by atoms with E-state index in [4.69, 9.17) is 4.42 Å². The number of para-hydroxylation sites is 1. The van der Waals surface area contributed by atoms with Gasteiger partial charge in [-0.3, -0.25) is 4.79 Å². The Bertz CT molecular complexity index is 686. The Hall–Kier alpha value is -2.43. The molecule has 2 aromatic heterocycles. The number of nitrogens with zero attached hydrogens (tertiary/aromatic N) is 2. The van der Waals surface area contributed by atoms with Crippen molar-refractivity contribution >= 4 is 11.0 Å². The van der Waals surface area contributed by atoms with Crippen molar-refractivity contribution in [3.63, 3.8) is 0 Å². The second kappa shape index (κ2) is 3.30. The van der Waals surface area contributed by atoms with Gasteiger partial charge < -0.3 is 4.42 Å². The van der Waals surface area contributed by atoms with Gasteiger partial charge in [-0.25, -0.2) is 0 Å². The van der Waals surface area contributed by atoms with E-state index in [1.807, 2.05) is 6.07 Å². The fourth-order valence-corrected chi connectivity index (χ4v) is 1.59. The number of aromatic nitrogens is 3. The Labute approximate surface area is 89.7 Å². The molecule has 2 heterocycles. The van der Waals surface area contributed by atoms with Gasteiger partial charge in [-0.15, -0.1) is 0 Å². The van der Waals surface area contributed by atoms with Crippen LogP contribution in [0.1, 0.15) is 0 Å². The van der Waals surface area contributed by atoms with Gasteiger partial charge in [0.05, 0.1) is 17.1 Å². The molecule has 78 valence electrons. The van der Waals surface area contributed by atoms with Crippen LogP contribution in [0.15, 0.2) is 45.9 Å². The zero-order chi connectivity index (χ0) is 11.0. The molecule has 0 amide bonds. The van der Waals surface area contributed by atoms with E-state index in [1.54, 1.807) is 18.2 Å². The van der Waals surface area contributed by atoms with E-state index in [2.05, 4.69) is 15.4 Å². The van der Waals surface area contributed by atoms with Crippen LogP contribution in [0.2, 0.25) is 0 Å². The first-order valence-electron chi connectivity index (χ1n) is 4.73. The topological polar surface area (TPSA) is 71.8 Å². The minimum atomic E-state index is -0.101. The van der Waals surface area contributed by atoms with Gasteiger partial charge in [0.1, 0.15) is 17.5 Å². The number of rotatable bonds is 1. The SMILES string of the molecule is O=c1c(-c2cn[nH]n2)coc2ccccc12. The lowest BCUT2D eigenvalue weighted by atomic mass is 10.1. The van der Waals surface area contributed by atoms with Crippen molar-refractivity contribution in [1.29, 1.82) is 0 Å². The maximum absolute atomic E-state index is 12.1. The minimum Gasteiger partial charge on any atom is -0.463 e. The van der Waals surface area contributed by atoms with Gasteiger partial charge in [-0.05, 0) is 12.1 Å². The van der Waals surface area contributed by atoms with Crippen LogP contribution < -0.4 is 5.43 Å². The molecular weight excluding hydrogens is 206 g/mol. The van der Waals surface area contributed by atoms with Crippen LogP contribution in [-0.2, 0) is 0 Å². The second-order valence-electron chi connectivity index (χ2n) is 3.33. The predicted octanol–water partition coefficient (Wildman–Crippen LogP) is 1.58. The van der Waals surface area contributed by atoms with Crippen LogP contribution >= 0.6 is 0 Å². The van der Waals surface area contributed by atoms with Gasteiger partial charge in [-0.1, -0.05) is 12.1 Å². The van der Waals surface area contributed by atoms with E-state index in [1.165, 1.54) is 12.5 Å². The molecule has 0 aliphatic heterocycles. The van der Waals surface area contributed by atoms with Gasteiger partial charge >= 0.3 is 0 Å². The molecule has 0 bridgehead atoms. The van der Waals surface area contributed by atoms with Crippen molar-refractivity contribution in [3.05, 3.63) is 46.9 Å². The maximum atomic E-state index is 12.1. The first kappa shape index (κ1) is 8.84. The molecule has 0 saturated heterocycles. The van der Waals surface area contributed by atoms with Crippen LogP contribution in [-0.4, -0.2) is 15.4 Å². The monoisotopic (exact) mass is 213 g/mol. The second-order valence-corrected chi connectivity index (χ2v) is 3.33. The summed E-state index contributed by atoms with van der Waals surface area (Å²) in [6, 6.07) is 7.10. The summed E-state index contributed by atoms with van der Waals surface area (Å²) in [5.74, 6) is 0. The smallest absolute Gasteiger partial charge is 0.202 e. The van der Waals surface area contributed by atoms with Crippen LogP contribution in [0.4, 0.5) is 0 Å². The largest absolute Gasteiger partial charge is 0.463 e. The zero-order valence-corrected chi connectivity index (χ0v) is 8.18. The van der Waals surface area contributed by atoms with Gasteiger partial charge in [-0.2, -0.15) is 15.4 Å². The summed E-state index contributed by atoms with van der Waals surface area (Å²) in [7, 11) is 0.